The monoisotopic (exact) mass is 193 g/mol. The highest BCUT2D eigenvalue weighted by atomic mass is 16.5. The maximum Gasteiger partial charge on any atom is 0.126 e. The fourth-order valence-electron chi connectivity index (χ4n) is 1.56. The summed E-state index contributed by atoms with van der Waals surface area (Å²) in [4.78, 5) is 0. The summed E-state index contributed by atoms with van der Waals surface area (Å²) in [6, 6.07) is 3.83. The van der Waals surface area contributed by atoms with Crippen LogP contribution in [0.1, 0.15) is 19.1 Å². The van der Waals surface area contributed by atoms with Crippen molar-refractivity contribution in [1.29, 1.82) is 0 Å². The van der Waals surface area contributed by atoms with Gasteiger partial charge >= 0.3 is 0 Å². The van der Waals surface area contributed by atoms with Crippen molar-refractivity contribution in [1.82, 2.24) is 5.32 Å². The molecule has 76 valence electrons. The molecule has 1 fully saturated rings. The van der Waals surface area contributed by atoms with Crippen molar-refractivity contribution in [2.45, 2.75) is 18.9 Å². The first-order valence-corrected chi connectivity index (χ1v) is 4.90. The van der Waals surface area contributed by atoms with Crippen molar-refractivity contribution in [2.24, 2.45) is 0 Å². The van der Waals surface area contributed by atoms with Gasteiger partial charge in [0.2, 0.25) is 0 Å². The Hall–Kier alpha value is -1.06. The van der Waals surface area contributed by atoms with Gasteiger partial charge in [-0.15, -0.1) is 0 Å². The molecule has 1 aliphatic rings. The van der Waals surface area contributed by atoms with Gasteiger partial charge in [-0.05, 0) is 24.6 Å². The Morgan fingerprint density at radius 2 is 2.57 bits per heavy atom. The third-order valence-electron chi connectivity index (χ3n) is 2.63. The fourth-order valence-corrected chi connectivity index (χ4v) is 1.56. The summed E-state index contributed by atoms with van der Waals surface area (Å²) in [5.74, 6) is 0.881. The van der Waals surface area contributed by atoms with Crippen LogP contribution in [0.25, 0.3) is 6.08 Å². The molecular weight excluding hydrogens is 178 g/mol. The van der Waals surface area contributed by atoms with Gasteiger partial charge in [0.05, 0.1) is 25.1 Å². The van der Waals surface area contributed by atoms with Crippen LogP contribution in [0.15, 0.2) is 28.9 Å². The molecule has 14 heavy (non-hydrogen) atoms. The molecule has 0 unspecified atom stereocenters. The number of ether oxygens (including phenoxy) is 1. The van der Waals surface area contributed by atoms with Crippen molar-refractivity contribution in [3.63, 3.8) is 0 Å². The molecule has 1 atom stereocenters. The van der Waals surface area contributed by atoms with Gasteiger partial charge in [-0.2, -0.15) is 0 Å². The normalized spacial score (nSPS) is 27.5. The molecule has 2 heterocycles. The zero-order valence-electron chi connectivity index (χ0n) is 8.32. The maximum atomic E-state index is 5.33. The van der Waals surface area contributed by atoms with E-state index in [1.54, 1.807) is 6.26 Å². The third kappa shape index (κ3) is 1.89. The van der Waals surface area contributed by atoms with Crippen LogP contribution in [0, 0.1) is 0 Å². The Labute approximate surface area is 83.7 Å². The number of hydrogen-bond acceptors (Lipinski definition) is 3. The van der Waals surface area contributed by atoms with Gasteiger partial charge < -0.3 is 9.15 Å². The van der Waals surface area contributed by atoms with Crippen LogP contribution < -0.4 is 5.32 Å². The molecule has 0 radical (unpaired) electrons. The van der Waals surface area contributed by atoms with Crippen molar-refractivity contribution in [3.8, 4) is 0 Å². The van der Waals surface area contributed by atoms with Crippen molar-refractivity contribution in [2.75, 3.05) is 13.3 Å². The predicted octanol–water partition coefficient (Wildman–Crippen LogP) is 2.02. The summed E-state index contributed by atoms with van der Waals surface area (Å²) in [5, 5.41) is 3.33. The molecule has 1 N–H and O–H groups in total. The highest BCUT2D eigenvalue weighted by Gasteiger charge is 2.29. The lowest BCUT2D eigenvalue weighted by atomic mass is 9.97. The van der Waals surface area contributed by atoms with E-state index in [0.717, 1.165) is 18.8 Å². The van der Waals surface area contributed by atoms with E-state index in [1.165, 1.54) is 0 Å². The van der Waals surface area contributed by atoms with E-state index in [-0.39, 0.29) is 5.54 Å². The van der Waals surface area contributed by atoms with Gasteiger partial charge in [-0.1, -0.05) is 13.0 Å². The Bertz CT molecular complexity index is 297. The van der Waals surface area contributed by atoms with E-state index in [9.17, 15) is 0 Å². The molecule has 1 saturated heterocycles. The zero-order chi connectivity index (χ0) is 9.86. The molecule has 0 bridgehead atoms. The molecule has 1 aromatic heterocycles. The van der Waals surface area contributed by atoms with Crippen LogP contribution in [0.2, 0.25) is 0 Å². The van der Waals surface area contributed by atoms with Crippen LogP contribution >= 0.6 is 0 Å². The smallest absolute Gasteiger partial charge is 0.126 e. The third-order valence-corrected chi connectivity index (χ3v) is 2.63. The lowest BCUT2D eigenvalue weighted by molar-refractivity contribution is 0.182. The number of nitrogens with one attached hydrogen (secondary N) is 1. The Morgan fingerprint density at radius 1 is 1.64 bits per heavy atom. The van der Waals surface area contributed by atoms with Gasteiger partial charge in [0.25, 0.3) is 0 Å². The highest BCUT2D eigenvalue weighted by Crippen LogP contribution is 2.19. The van der Waals surface area contributed by atoms with E-state index in [1.807, 2.05) is 18.2 Å². The fraction of sp³-hybridized carbons (Fsp3) is 0.455. The van der Waals surface area contributed by atoms with Crippen LogP contribution in [0.5, 0.6) is 0 Å². The van der Waals surface area contributed by atoms with Gasteiger partial charge in [0, 0.05) is 0 Å². The van der Waals surface area contributed by atoms with Gasteiger partial charge in [0.15, 0.2) is 0 Å². The van der Waals surface area contributed by atoms with Crippen LogP contribution in [0.3, 0.4) is 0 Å². The van der Waals surface area contributed by atoms with Crippen LogP contribution in [0.4, 0.5) is 0 Å². The molecule has 0 spiro atoms. The van der Waals surface area contributed by atoms with Gasteiger partial charge in [0.1, 0.15) is 5.76 Å². The van der Waals surface area contributed by atoms with E-state index in [0.29, 0.717) is 6.73 Å². The summed E-state index contributed by atoms with van der Waals surface area (Å²) >= 11 is 0. The molecule has 2 rings (SSSR count). The second kappa shape index (κ2) is 3.98. The second-order valence-electron chi connectivity index (χ2n) is 3.53. The van der Waals surface area contributed by atoms with E-state index in [4.69, 9.17) is 9.15 Å². The summed E-state index contributed by atoms with van der Waals surface area (Å²) in [5.41, 5.74) is -0.00715. The minimum Gasteiger partial charge on any atom is -0.465 e. The van der Waals surface area contributed by atoms with Crippen LogP contribution in [-0.2, 0) is 4.74 Å². The average Bonchev–Trinajstić information content (AvgIpc) is 2.87. The molecule has 0 aromatic carbocycles. The predicted molar refractivity (Wildman–Crippen MR) is 54.7 cm³/mol. The topological polar surface area (TPSA) is 34.4 Å². The van der Waals surface area contributed by atoms with Gasteiger partial charge in [-0.25, -0.2) is 0 Å². The molecule has 1 aliphatic heterocycles. The molecule has 0 saturated carbocycles. The quantitative estimate of drug-likeness (QED) is 0.797. The van der Waals surface area contributed by atoms with E-state index < -0.39 is 0 Å². The van der Waals surface area contributed by atoms with E-state index >= 15 is 0 Å². The standard InChI is InChI=1S/C11H15NO2/c1-2-11(8-13-9-12-11)6-5-10-4-3-7-14-10/h3-7,12H,2,8-9H2,1H3/t11-/m1/s1. The molecule has 3 nitrogen and oxygen atoms in total. The average molecular weight is 193 g/mol. The van der Waals surface area contributed by atoms with Crippen molar-refractivity contribution >= 4 is 6.08 Å². The SMILES string of the molecule is CC[C@@]1(C=Cc2ccco2)COCN1. The molecule has 1 aromatic rings. The van der Waals surface area contributed by atoms with E-state index in [2.05, 4.69) is 18.3 Å². The lowest BCUT2D eigenvalue weighted by Crippen LogP contribution is -2.39. The molecule has 3 heteroatoms. The summed E-state index contributed by atoms with van der Waals surface area (Å²) < 4.78 is 10.6. The summed E-state index contributed by atoms with van der Waals surface area (Å²) in [6.07, 6.45) is 6.81. The van der Waals surface area contributed by atoms with Crippen molar-refractivity contribution < 1.29 is 9.15 Å². The molecule has 0 aliphatic carbocycles. The zero-order valence-corrected chi connectivity index (χ0v) is 8.32. The largest absolute Gasteiger partial charge is 0.465 e. The Kier molecular flexibility index (Phi) is 2.70. The minimum absolute atomic E-state index is 0.00715. The lowest BCUT2D eigenvalue weighted by Gasteiger charge is -2.21. The number of hydrogen-bond donors (Lipinski definition) is 1. The molecular formula is C11H15NO2. The van der Waals surface area contributed by atoms with Crippen LogP contribution in [-0.4, -0.2) is 18.9 Å². The highest BCUT2D eigenvalue weighted by molar-refractivity contribution is 5.44. The second-order valence-corrected chi connectivity index (χ2v) is 3.53. The van der Waals surface area contributed by atoms with Gasteiger partial charge in [-0.3, -0.25) is 5.32 Å². The minimum atomic E-state index is -0.00715. The molecule has 0 amide bonds. The Balaban J connectivity index is 2.07. The number of rotatable bonds is 3. The van der Waals surface area contributed by atoms with Crippen molar-refractivity contribution in [3.05, 3.63) is 30.2 Å². The summed E-state index contributed by atoms with van der Waals surface area (Å²) in [7, 11) is 0. The number of furan rings is 1. The first-order chi connectivity index (χ1) is 6.85. The maximum absolute atomic E-state index is 5.33. The first-order valence-electron chi connectivity index (χ1n) is 4.90. The Morgan fingerprint density at radius 3 is 3.14 bits per heavy atom. The summed E-state index contributed by atoms with van der Waals surface area (Å²) in [6.45, 7) is 3.52. The first kappa shape index (κ1) is 9.49.